The van der Waals surface area contributed by atoms with E-state index in [4.69, 9.17) is 25.6 Å². The summed E-state index contributed by atoms with van der Waals surface area (Å²) in [6.07, 6.45) is 0.545. The van der Waals surface area contributed by atoms with Crippen LogP contribution in [0.5, 0.6) is 5.75 Å². The Labute approximate surface area is 191 Å². The van der Waals surface area contributed by atoms with E-state index in [1.165, 1.54) is 0 Å². The first-order valence-electron chi connectivity index (χ1n) is 10.6. The number of carbonyl (C=O) groups is 1. The van der Waals surface area contributed by atoms with Gasteiger partial charge in [-0.15, -0.1) is 0 Å². The first-order valence-corrected chi connectivity index (χ1v) is 11.0. The molecule has 9 heteroatoms. The maximum Gasteiger partial charge on any atom is 0.227 e. The normalized spacial score (nSPS) is 13.8. The van der Waals surface area contributed by atoms with Crippen LogP contribution in [0.2, 0.25) is 5.02 Å². The molecule has 3 aromatic rings. The Balaban J connectivity index is 1.36. The van der Waals surface area contributed by atoms with Gasteiger partial charge in [-0.05, 0) is 43.3 Å². The number of ether oxygens (including phenoxy) is 2. The number of nitrogens with one attached hydrogen (secondary N) is 1. The highest BCUT2D eigenvalue weighted by Gasteiger charge is 2.19. The van der Waals surface area contributed by atoms with E-state index in [0.29, 0.717) is 48.7 Å². The van der Waals surface area contributed by atoms with Crippen molar-refractivity contribution in [3.8, 4) is 17.1 Å². The Hall–Kier alpha value is -3.10. The Morgan fingerprint density at radius 1 is 1.19 bits per heavy atom. The minimum absolute atomic E-state index is 0.150. The Morgan fingerprint density at radius 3 is 2.72 bits per heavy atom. The summed E-state index contributed by atoms with van der Waals surface area (Å²) >= 11 is 6.43. The summed E-state index contributed by atoms with van der Waals surface area (Å²) in [4.78, 5) is 19.1. The van der Waals surface area contributed by atoms with Crippen LogP contribution in [-0.2, 0) is 16.0 Å². The van der Waals surface area contributed by atoms with Crippen molar-refractivity contribution < 1.29 is 18.8 Å². The van der Waals surface area contributed by atoms with Crippen molar-refractivity contribution >= 4 is 28.9 Å². The van der Waals surface area contributed by atoms with Gasteiger partial charge in [0.15, 0.2) is 0 Å². The van der Waals surface area contributed by atoms with E-state index < -0.39 is 0 Å². The zero-order valence-electron chi connectivity index (χ0n) is 17.8. The fourth-order valence-corrected chi connectivity index (χ4v) is 3.79. The predicted molar refractivity (Wildman–Crippen MR) is 122 cm³/mol. The van der Waals surface area contributed by atoms with Crippen molar-refractivity contribution in [1.29, 1.82) is 0 Å². The number of hydrogen-bond acceptors (Lipinski definition) is 7. The molecule has 0 spiro atoms. The van der Waals surface area contributed by atoms with Gasteiger partial charge in [-0.2, -0.15) is 4.98 Å². The molecule has 0 atom stereocenters. The molecule has 0 bridgehead atoms. The molecule has 0 aliphatic carbocycles. The van der Waals surface area contributed by atoms with Crippen LogP contribution in [0.1, 0.15) is 19.2 Å². The van der Waals surface area contributed by atoms with Crippen LogP contribution in [0.25, 0.3) is 11.4 Å². The summed E-state index contributed by atoms with van der Waals surface area (Å²) < 4.78 is 16.2. The molecule has 1 aliphatic heterocycles. The van der Waals surface area contributed by atoms with E-state index in [2.05, 4.69) is 20.4 Å². The Morgan fingerprint density at radius 2 is 1.97 bits per heavy atom. The van der Waals surface area contributed by atoms with Crippen molar-refractivity contribution in [2.75, 3.05) is 43.1 Å². The standard InChI is InChI=1S/C23H25ClN4O4/c1-2-31-17-8-6-16(7-9-17)23-26-21(32-27-23)11-10-20(29)25-19-5-3-4-18(24)22(19)28-12-14-30-15-13-28/h3-9H,2,10-15H2,1H3,(H,25,29). The summed E-state index contributed by atoms with van der Waals surface area (Å²) in [6.45, 7) is 5.26. The van der Waals surface area contributed by atoms with Gasteiger partial charge in [0.2, 0.25) is 17.6 Å². The molecule has 1 aliphatic rings. The molecular weight excluding hydrogens is 432 g/mol. The van der Waals surface area contributed by atoms with Crippen molar-refractivity contribution in [1.82, 2.24) is 10.1 Å². The van der Waals surface area contributed by atoms with Crippen LogP contribution in [0.3, 0.4) is 0 Å². The van der Waals surface area contributed by atoms with E-state index >= 15 is 0 Å². The summed E-state index contributed by atoms with van der Waals surface area (Å²) in [5.41, 5.74) is 2.33. The number of hydrogen-bond donors (Lipinski definition) is 1. The average molecular weight is 457 g/mol. The fraction of sp³-hybridized carbons (Fsp3) is 0.348. The van der Waals surface area contributed by atoms with Crippen LogP contribution in [-0.4, -0.2) is 49.0 Å². The van der Waals surface area contributed by atoms with Gasteiger partial charge in [0.05, 0.1) is 36.2 Å². The lowest BCUT2D eigenvalue weighted by molar-refractivity contribution is -0.116. The number of nitrogens with zero attached hydrogens (tertiary/aromatic N) is 3. The second-order valence-electron chi connectivity index (χ2n) is 7.25. The third-order valence-corrected chi connectivity index (χ3v) is 5.35. The van der Waals surface area contributed by atoms with Crippen LogP contribution in [0, 0.1) is 0 Å². The summed E-state index contributed by atoms with van der Waals surface area (Å²) in [6, 6.07) is 13.0. The zero-order valence-corrected chi connectivity index (χ0v) is 18.6. The monoisotopic (exact) mass is 456 g/mol. The molecule has 0 unspecified atom stereocenters. The number of anilines is 2. The second kappa shape index (κ2) is 10.5. The van der Waals surface area contributed by atoms with E-state index in [-0.39, 0.29) is 12.3 Å². The maximum atomic E-state index is 12.6. The lowest BCUT2D eigenvalue weighted by atomic mass is 10.2. The van der Waals surface area contributed by atoms with Gasteiger partial charge in [-0.3, -0.25) is 4.79 Å². The lowest BCUT2D eigenvalue weighted by Gasteiger charge is -2.31. The molecule has 1 amide bonds. The smallest absolute Gasteiger partial charge is 0.227 e. The third-order valence-electron chi connectivity index (χ3n) is 5.05. The molecule has 2 aromatic carbocycles. The quantitative estimate of drug-likeness (QED) is 0.543. The number of benzene rings is 2. The zero-order chi connectivity index (χ0) is 22.3. The number of morpholine rings is 1. The number of rotatable bonds is 8. The van der Waals surface area contributed by atoms with Crippen LogP contribution in [0.15, 0.2) is 47.0 Å². The molecular formula is C23H25ClN4O4. The van der Waals surface area contributed by atoms with E-state index in [1.807, 2.05) is 49.4 Å². The number of para-hydroxylation sites is 1. The second-order valence-corrected chi connectivity index (χ2v) is 7.66. The minimum Gasteiger partial charge on any atom is -0.494 e. The first-order chi connectivity index (χ1) is 15.6. The van der Waals surface area contributed by atoms with Crippen LogP contribution in [0.4, 0.5) is 11.4 Å². The molecule has 2 heterocycles. The van der Waals surface area contributed by atoms with E-state index in [9.17, 15) is 4.79 Å². The van der Waals surface area contributed by atoms with Crippen molar-refractivity contribution in [2.24, 2.45) is 0 Å². The van der Waals surface area contributed by atoms with Gasteiger partial charge in [-0.25, -0.2) is 0 Å². The molecule has 1 N–H and O–H groups in total. The number of aryl methyl sites for hydroxylation is 1. The number of carbonyl (C=O) groups excluding carboxylic acids is 1. The highest BCUT2D eigenvalue weighted by Crippen LogP contribution is 2.34. The Bertz CT molecular complexity index is 1050. The van der Waals surface area contributed by atoms with Crippen LogP contribution >= 0.6 is 11.6 Å². The summed E-state index contributed by atoms with van der Waals surface area (Å²) in [7, 11) is 0. The van der Waals surface area contributed by atoms with Crippen molar-refractivity contribution in [3.63, 3.8) is 0 Å². The highest BCUT2D eigenvalue weighted by atomic mass is 35.5. The largest absolute Gasteiger partial charge is 0.494 e. The first kappa shape index (κ1) is 22.1. The van der Waals surface area contributed by atoms with Gasteiger partial charge in [0.25, 0.3) is 0 Å². The topological polar surface area (TPSA) is 89.7 Å². The molecule has 4 rings (SSSR count). The van der Waals surface area contributed by atoms with E-state index in [1.54, 1.807) is 0 Å². The predicted octanol–water partition coefficient (Wildman–Crippen LogP) is 4.20. The maximum absolute atomic E-state index is 12.6. The molecule has 32 heavy (non-hydrogen) atoms. The van der Waals surface area contributed by atoms with Crippen molar-refractivity contribution in [3.05, 3.63) is 53.4 Å². The van der Waals surface area contributed by atoms with Gasteiger partial charge in [-0.1, -0.05) is 22.8 Å². The van der Waals surface area contributed by atoms with Gasteiger partial charge in [0.1, 0.15) is 5.75 Å². The number of halogens is 1. The molecule has 1 fully saturated rings. The van der Waals surface area contributed by atoms with Gasteiger partial charge >= 0.3 is 0 Å². The van der Waals surface area contributed by atoms with Gasteiger partial charge < -0.3 is 24.2 Å². The third kappa shape index (κ3) is 5.38. The molecule has 168 valence electrons. The molecule has 1 aromatic heterocycles. The summed E-state index contributed by atoms with van der Waals surface area (Å²) in [5.74, 6) is 1.52. The minimum atomic E-state index is -0.150. The molecule has 8 nitrogen and oxygen atoms in total. The van der Waals surface area contributed by atoms with Gasteiger partial charge in [0, 0.05) is 31.5 Å². The highest BCUT2D eigenvalue weighted by molar-refractivity contribution is 6.34. The molecule has 1 saturated heterocycles. The SMILES string of the molecule is CCOc1ccc(-c2noc(CCC(=O)Nc3cccc(Cl)c3N3CCOCC3)n2)cc1. The summed E-state index contributed by atoms with van der Waals surface area (Å²) in [5, 5.41) is 7.58. The average Bonchev–Trinajstić information content (AvgIpc) is 3.28. The number of amides is 1. The van der Waals surface area contributed by atoms with Crippen molar-refractivity contribution in [2.45, 2.75) is 19.8 Å². The molecule has 0 radical (unpaired) electrons. The lowest BCUT2D eigenvalue weighted by Crippen LogP contribution is -2.37. The molecule has 0 saturated carbocycles. The van der Waals surface area contributed by atoms with E-state index in [0.717, 1.165) is 30.1 Å². The number of aromatic nitrogens is 2. The van der Waals surface area contributed by atoms with Crippen LogP contribution < -0.4 is 15.0 Å². The fourth-order valence-electron chi connectivity index (χ4n) is 3.50. The Kier molecular flexibility index (Phi) is 7.24.